The van der Waals surface area contributed by atoms with Crippen molar-refractivity contribution in [2.75, 3.05) is 13.1 Å². The number of thiocarbonyl (C=S) groups is 1. The highest BCUT2D eigenvalue weighted by Crippen LogP contribution is 2.34. The Labute approximate surface area is 174 Å². The summed E-state index contributed by atoms with van der Waals surface area (Å²) in [6.45, 7) is 3.27. The van der Waals surface area contributed by atoms with Crippen molar-refractivity contribution in [3.05, 3.63) is 39.8 Å². The van der Waals surface area contributed by atoms with Crippen LogP contribution >= 0.6 is 35.6 Å². The van der Waals surface area contributed by atoms with Crippen LogP contribution in [0, 0.1) is 0 Å². The first-order valence-corrected chi connectivity index (χ1v) is 10.9. The van der Waals surface area contributed by atoms with Crippen molar-refractivity contribution in [2.45, 2.75) is 45.1 Å². The zero-order chi connectivity index (χ0) is 19.4. The van der Waals surface area contributed by atoms with Crippen LogP contribution in [0.1, 0.15) is 44.6 Å². The van der Waals surface area contributed by atoms with Crippen LogP contribution in [-0.2, 0) is 9.59 Å². The molecule has 0 N–H and O–H groups in total. The summed E-state index contributed by atoms with van der Waals surface area (Å²) >= 11 is 12.8. The maximum absolute atomic E-state index is 12.7. The summed E-state index contributed by atoms with van der Waals surface area (Å²) in [7, 11) is 0. The molecule has 1 aromatic carbocycles. The second-order valence-electron chi connectivity index (χ2n) is 6.75. The summed E-state index contributed by atoms with van der Waals surface area (Å²) in [5.74, 6) is -0.0333. The van der Waals surface area contributed by atoms with Crippen LogP contribution in [0.25, 0.3) is 6.08 Å². The molecule has 1 aromatic rings. The molecule has 144 valence electrons. The lowest BCUT2D eigenvalue weighted by Gasteiger charge is -2.35. The maximum Gasteiger partial charge on any atom is 0.266 e. The van der Waals surface area contributed by atoms with Crippen LogP contribution in [0.3, 0.4) is 0 Å². The van der Waals surface area contributed by atoms with E-state index in [0.717, 1.165) is 31.4 Å². The van der Waals surface area contributed by atoms with E-state index in [0.29, 0.717) is 33.3 Å². The van der Waals surface area contributed by atoms with Gasteiger partial charge in [0.25, 0.3) is 5.91 Å². The third kappa shape index (κ3) is 4.73. The van der Waals surface area contributed by atoms with Crippen molar-refractivity contribution < 1.29 is 9.59 Å². The number of rotatable bonds is 5. The number of benzene rings is 1. The van der Waals surface area contributed by atoms with Gasteiger partial charge in [-0.05, 0) is 43.4 Å². The smallest absolute Gasteiger partial charge is 0.266 e. The average molecular weight is 423 g/mol. The standard InChI is InChI=1S/C20H23ClN2O2S2/c1-2-15-8-5-6-11-22(15)18(24)10-12-23-19(25)17(27-20(23)26)13-14-7-3-4-9-16(14)21/h3-4,7,9,13,15H,2,5-6,8,10-12H2,1H3/b17-13+/t15-/m1/s1. The summed E-state index contributed by atoms with van der Waals surface area (Å²) in [6, 6.07) is 7.70. The molecule has 0 radical (unpaired) electrons. The number of halogens is 1. The van der Waals surface area contributed by atoms with E-state index in [2.05, 4.69) is 6.92 Å². The molecule has 4 nitrogen and oxygen atoms in total. The lowest BCUT2D eigenvalue weighted by Crippen LogP contribution is -2.44. The molecule has 2 heterocycles. The van der Waals surface area contributed by atoms with Crippen molar-refractivity contribution in [3.8, 4) is 0 Å². The van der Waals surface area contributed by atoms with E-state index >= 15 is 0 Å². The highest BCUT2D eigenvalue weighted by Gasteiger charge is 2.33. The fraction of sp³-hybridized carbons (Fsp3) is 0.450. The summed E-state index contributed by atoms with van der Waals surface area (Å²) in [5.41, 5.74) is 0.787. The molecular weight excluding hydrogens is 400 g/mol. The van der Waals surface area contributed by atoms with Gasteiger partial charge in [0, 0.05) is 30.6 Å². The molecule has 2 fully saturated rings. The van der Waals surface area contributed by atoms with Gasteiger partial charge < -0.3 is 4.90 Å². The molecule has 0 bridgehead atoms. The van der Waals surface area contributed by atoms with Crippen LogP contribution in [0.5, 0.6) is 0 Å². The second-order valence-corrected chi connectivity index (χ2v) is 8.83. The highest BCUT2D eigenvalue weighted by atomic mass is 35.5. The predicted octanol–water partition coefficient (Wildman–Crippen LogP) is 4.72. The van der Waals surface area contributed by atoms with Crippen molar-refractivity contribution in [3.63, 3.8) is 0 Å². The van der Waals surface area contributed by atoms with Gasteiger partial charge in [-0.15, -0.1) is 0 Å². The molecule has 3 rings (SSSR count). The number of nitrogens with zero attached hydrogens (tertiary/aromatic N) is 2. The third-order valence-electron chi connectivity index (χ3n) is 5.03. The number of carbonyl (C=O) groups excluding carboxylic acids is 2. The predicted molar refractivity (Wildman–Crippen MR) is 116 cm³/mol. The highest BCUT2D eigenvalue weighted by molar-refractivity contribution is 8.26. The zero-order valence-corrected chi connectivity index (χ0v) is 17.7. The minimum Gasteiger partial charge on any atom is -0.340 e. The Hall–Kier alpha value is -1.37. The SMILES string of the molecule is CC[C@@H]1CCCCN1C(=O)CCN1C(=O)/C(=C\c2ccccc2Cl)SC1=S. The van der Waals surface area contributed by atoms with Crippen LogP contribution in [0.15, 0.2) is 29.2 Å². The fourth-order valence-corrected chi connectivity index (χ4v) is 5.02. The lowest BCUT2D eigenvalue weighted by molar-refractivity contribution is -0.135. The number of carbonyl (C=O) groups is 2. The average Bonchev–Trinajstić information content (AvgIpc) is 2.94. The Morgan fingerprint density at radius 1 is 1.37 bits per heavy atom. The molecule has 2 amide bonds. The van der Waals surface area contributed by atoms with Gasteiger partial charge in [-0.1, -0.05) is 60.7 Å². The summed E-state index contributed by atoms with van der Waals surface area (Å²) in [4.78, 5) is 29.4. The number of amides is 2. The van der Waals surface area contributed by atoms with Gasteiger partial charge in [-0.25, -0.2) is 0 Å². The molecule has 7 heteroatoms. The minimum absolute atomic E-state index is 0.116. The van der Waals surface area contributed by atoms with Gasteiger partial charge in [0.2, 0.25) is 5.91 Å². The number of thioether (sulfide) groups is 1. The molecule has 0 saturated carbocycles. The van der Waals surface area contributed by atoms with E-state index in [-0.39, 0.29) is 11.8 Å². The van der Waals surface area contributed by atoms with E-state index in [1.807, 2.05) is 23.1 Å². The summed E-state index contributed by atoms with van der Waals surface area (Å²) in [5, 5.41) is 0.591. The monoisotopic (exact) mass is 422 g/mol. The van der Waals surface area contributed by atoms with Crippen LogP contribution < -0.4 is 0 Å². The molecule has 2 saturated heterocycles. The van der Waals surface area contributed by atoms with Gasteiger partial charge in [-0.3, -0.25) is 14.5 Å². The van der Waals surface area contributed by atoms with Crippen LogP contribution in [0.2, 0.25) is 5.02 Å². The van der Waals surface area contributed by atoms with Crippen molar-refractivity contribution in [1.82, 2.24) is 9.80 Å². The van der Waals surface area contributed by atoms with Gasteiger partial charge in [0.05, 0.1) is 4.91 Å². The zero-order valence-electron chi connectivity index (χ0n) is 15.3. The molecule has 27 heavy (non-hydrogen) atoms. The number of likely N-dealkylation sites (tertiary alicyclic amines) is 1. The van der Waals surface area contributed by atoms with Crippen LogP contribution in [0.4, 0.5) is 0 Å². The van der Waals surface area contributed by atoms with E-state index in [1.54, 1.807) is 12.1 Å². The Bertz CT molecular complexity index is 781. The molecule has 0 aromatic heterocycles. The fourth-order valence-electron chi connectivity index (χ4n) is 3.53. The van der Waals surface area contributed by atoms with Crippen LogP contribution in [-0.4, -0.2) is 45.1 Å². The number of hydrogen-bond donors (Lipinski definition) is 0. The summed E-state index contributed by atoms with van der Waals surface area (Å²) < 4.78 is 0.497. The van der Waals surface area contributed by atoms with Crippen molar-refractivity contribution >= 4 is 57.8 Å². The Morgan fingerprint density at radius 2 is 2.15 bits per heavy atom. The molecule has 2 aliphatic heterocycles. The van der Waals surface area contributed by atoms with Gasteiger partial charge in [-0.2, -0.15) is 0 Å². The first-order valence-electron chi connectivity index (χ1n) is 9.30. The topological polar surface area (TPSA) is 40.6 Å². The quantitative estimate of drug-likeness (QED) is 0.508. The third-order valence-corrected chi connectivity index (χ3v) is 6.76. The van der Waals surface area contributed by atoms with Crippen molar-refractivity contribution in [1.29, 1.82) is 0 Å². The maximum atomic E-state index is 12.7. The van der Waals surface area contributed by atoms with E-state index in [9.17, 15) is 9.59 Å². The van der Waals surface area contributed by atoms with Gasteiger partial charge >= 0.3 is 0 Å². The molecule has 2 aliphatic rings. The van der Waals surface area contributed by atoms with Gasteiger partial charge in [0.1, 0.15) is 4.32 Å². The second kappa shape index (κ2) is 9.22. The summed E-state index contributed by atoms with van der Waals surface area (Å²) in [6.07, 6.45) is 6.37. The lowest BCUT2D eigenvalue weighted by atomic mass is 9.99. The first-order chi connectivity index (χ1) is 13.0. The molecule has 1 atom stereocenters. The molecule has 0 aliphatic carbocycles. The molecular formula is C20H23ClN2O2S2. The largest absolute Gasteiger partial charge is 0.340 e. The van der Waals surface area contributed by atoms with E-state index < -0.39 is 0 Å². The normalized spacial score (nSPS) is 22.0. The van der Waals surface area contributed by atoms with E-state index in [1.165, 1.54) is 23.1 Å². The Morgan fingerprint density at radius 3 is 2.89 bits per heavy atom. The van der Waals surface area contributed by atoms with Crippen molar-refractivity contribution in [2.24, 2.45) is 0 Å². The first kappa shape index (κ1) is 20.4. The number of hydrogen-bond acceptors (Lipinski definition) is 4. The molecule has 0 spiro atoms. The number of piperidine rings is 1. The Kier molecular flexibility index (Phi) is 6.95. The minimum atomic E-state index is -0.150. The Balaban J connectivity index is 1.64. The van der Waals surface area contributed by atoms with Gasteiger partial charge in [0.15, 0.2) is 0 Å². The molecule has 0 unspecified atom stereocenters. The van der Waals surface area contributed by atoms with E-state index in [4.69, 9.17) is 23.8 Å².